The summed E-state index contributed by atoms with van der Waals surface area (Å²) in [5.41, 5.74) is 8.71. The monoisotopic (exact) mass is 388 g/mol. The molecule has 0 amide bonds. The SMILES string of the molecule is C[C@@H](N)CN1CCN(c2ccc(C#N)cc2Cl)[C@H](c2ccc(Cl)cc2)C1. The number of hydrogen-bond donors (Lipinski definition) is 1. The summed E-state index contributed by atoms with van der Waals surface area (Å²) in [4.78, 5) is 4.70. The zero-order chi connectivity index (χ0) is 18.7. The molecule has 26 heavy (non-hydrogen) atoms. The highest BCUT2D eigenvalue weighted by atomic mass is 35.5. The molecular weight excluding hydrogens is 367 g/mol. The van der Waals surface area contributed by atoms with Crippen LogP contribution in [0.1, 0.15) is 24.1 Å². The van der Waals surface area contributed by atoms with Gasteiger partial charge in [0.25, 0.3) is 0 Å². The molecule has 1 saturated heterocycles. The molecule has 0 aliphatic carbocycles. The Balaban J connectivity index is 1.94. The highest BCUT2D eigenvalue weighted by Crippen LogP contribution is 2.36. The summed E-state index contributed by atoms with van der Waals surface area (Å²) in [6.45, 7) is 5.51. The Kier molecular flexibility index (Phi) is 6.05. The van der Waals surface area contributed by atoms with E-state index in [1.165, 1.54) is 5.56 Å². The molecule has 1 heterocycles. The van der Waals surface area contributed by atoms with Gasteiger partial charge in [0.2, 0.25) is 0 Å². The van der Waals surface area contributed by atoms with Gasteiger partial charge in [-0.3, -0.25) is 4.90 Å². The molecule has 0 bridgehead atoms. The lowest BCUT2D eigenvalue weighted by Crippen LogP contribution is -2.51. The van der Waals surface area contributed by atoms with Gasteiger partial charge in [0.1, 0.15) is 0 Å². The molecular formula is C20H22Cl2N4. The van der Waals surface area contributed by atoms with E-state index in [2.05, 4.69) is 28.0 Å². The van der Waals surface area contributed by atoms with E-state index in [4.69, 9.17) is 34.2 Å². The van der Waals surface area contributed by atoms with Crippen LogP contribution in [0.3, 0.4) is 0 Å². The molecule has 4 nitrogen and oxygen atoms in total. The quantitative estimate of drug-likeness (QED) is 0.856. The maximum Gasteiger partial charge on any atom is 0.0992 e. The summed E-state index contributed by atoms with van der Waals surface area (Å²) in [6.07, 6.45) is 0. The van der Waals surface area contributed by atoms with Gasteiger partial charge in [-0.2, -0.15) is 5.26 Å². The van der Waals surface area contributed by atoms with Crippen molar-refractivity contribution in [3.8, 4) is 6.07 Å². The van der Waals surface area contributed by atoms with E-state index >= 15 is 0 Å². The number of nitrogens with two attached hydrogens (primary N) is 1. The molecule has 0 saturated carbocycles. The van der Waals surface area contributed by atoms with Gasteiger partial charge >= 0.3 is 0 Å². The number of halogens is 2. The van der Waals surface area contributed by atoms with Crippen LogP contribution in [0.4, 0.5) is 5.69 Å². The van der Waals surface area contributed by atoms with Crippen molar-refractivity contribution in [2.75, 3.05) is 31.1 Å². The Morgan fingerprint density at radius 2 is 1.92 bits per heavy atom. The van der Waals surface area contributed by atoms with Gasteiger partial charge in [0, 0.05) is 37.2 Å². The number of nitriles is 1. The molecule has 2 aromatic carbocycles. The van der Waals surface area contributed by atoms with E-state index in [1.807, 2.05) is 31.2 Å². The third-order valence-corrected chi connectivity index (χ3v) is 5.21. The average Bonchev–Trinajstić information content (AvgIpc) is 2.62. The maximum absolute atomic E-state index is 9.08. The molecule has 6 heteroatoms. The Morgan fingerprint density at radius 3 is 2.54 bits per heavy atom. The zero-order valence-corrected chi connectivity index (χ0v) is 16.2. The third-order valence-electron chi connectivity index (χ3n) is 4.65. The van der Waals surface area contributed by atoms with Crippen LogP contribution < -0.4 is 10.6 Å². The molecule has 3 rings (SSSR count). The molecule has 0 unspecified atom stereocenters. The van der Waals surface area contributed by atoms with E-state index in [0.717, 1.165) is 36.9 Å². The number of benzene rings is 2. The normalized spacial score (nSPS) is 19.2. The highest BCUT2D eigenvalue weighted by molar-refractivity contribution is 6.33. The summed E-state index contributed by atoms with van der Waals surface area (Å²) >= 11 is 12.6. The fourth-order valence-corrected chi connectivity index (χ4v) is 3.90. The fraction of sp³-hybridized carbons (Fsp3) is 0.350. The minimum absolute atomic E-state index is 0.130. The Bertz CT molecular complexity index is 798. The van der Waals surface area contributed by atoms with Crippen molar-refractivity contribution in [2.45, 2.75) is 19.0 Å². The van der Waals surface area contributed by atoms with Gasteiger partial charge in [-0.1, -0.05) is 35.3 Å². The van der Waals surface area contributed by atoms with Gasteiger partial charge < -0.3 is 10.6 Å². The van der Waals surface area contributed by atoms with Gasteiger partial charge in [0.15, 0.2) is 0 Å². The van der Waals surface area contributed by atoms with Crippen LogP contribution in [0.2, 0.25) is 10.0 Å². The second-order valence-corrected chi connectivity index (χ2v) is 7.62. The molecule has 136 valence electrons. The second kappa shape index (κ2) is 8.28. The Morgan fingerprint density at radius 1 is 1.19 bits per heavy atom. The number of hydrogen-bond acceptors (Lipinski definition) is 4. The smallest absolute Gasteiger partial charge is 0.0992 e. The van der Waals surface area contributed by atoms with Crippen molar-refractivity contribution in [2.24, 2.45) is 5.73 Å². The van der Waals surface area contributed by atoms with E-state index < -0.39 is 0 Å². The molecule has 1 fully saturated rings. The fourth-order valence-electron chi connectivity index (χ4n) is 3.48. The second-order valence-electron chi connectivity index (χ2n) is 6.78. The zero-order valence-electron chi connectivity index (χ0n) is 14.7. The van der Waals surface area contributed by atoms with Crippen molar-refractivity contribution in [1.82, 2.24) is 4.90 Å². The predicted octanol–water partition coefficient (Wildman–Crippen LogP) is 4.08. The molecule has 1 aliphatic heterocycles. The number of nitrogens with zero attached hydrogens (tertiary/aromatic N) is 3. The first kappa shape index (κ1) is 19.0. The van der Waals surface area contributed by atoms with Crippen LogP contribution in [-0.4, -0.2) is 37.1 Å². The van der Waals surface area contributed by atoms with E-state index in [9.17, 15) is 0 Å². The standard InChI is InChI=1S/C20H22Cl2N4/c1-14(24)12-25-8-9-26(19-7-2-15(11-23)10-18(19)22)20(13-25)16-3-5-17(21)6-4-16/h2-7,10,14,20H,8-9,12-13,24H2,1H3/t14-,20+/m1/s1. The van der Waals surface area contributed by atoms with Crippen LogP contribution in [-0.2, 0) is 0 Å². The van der Waals surface area contributed by atoms with E-state index in [0.29, 0.717) is 10.6 Å². The maximum atomic E-state index is 9.08. The largest absolute Gasteiger partial charge is 0.361 e. The Hall–Kier alpha value is -1.77. The van der Waals surface area contributed by atoms with Crippen molar-refractivity contribution >= 4 is 28.9 Å². The van der Waals surface area contributed by atoms with Crippen molar-refractivity contribution < 1.29 is 0 Å². The Labute approximate surface area is 164 Å². The number of anilines is 1. The molecule has 0 spiro atoms. The number of rotatable bonds is 4. The summed E-state index contributed by atoms with van der Waals surface area (Å²) in [6, 6.07) is 15.8. The first-order valence-corrected chi connectivity index (χ1v) is 9.43. The lowest BCUT2D eigenvalue weighted by molar-refractivity contribution is 0.214. The van der Waals surface area contributed by atoms with Gasteiger partial charge in [0.05, 0.1) is 28.4 Å². The van der Waals surface area contributed by atoms with Crippen molar-refractivity contribution in [3.05, 3.63) is 63.6 Å². The molecule has 0 radical (unpaired) electrons. The first-order chi connectivity index (χ1) is 12.5. The van der Waals surface area contributed by atoms with Crippen LogP contribution in [0.15, 0.2) is 42.5 Å². The summed E-state index contributed by atoms with van der Waals surface area (Å²) < 4.78 is 0. The van der Waals surface area contributed by atoms with Crippen LogP contribution in [0.25, 0.3) is 0 Å². The lowest BCUT2D eigenvalue weighted by Gasteiger charge is -2.44. The van der Waals surface area contributed by atoms with Crippen LogP contribution in [0.5, 0.6) is 0 Å². The summed E-state index contributed by atoms with van der Waals surface area (Å²) in [5, 5.41) is 10.4. The van der Waals surface area contributed by atoms with E-state index in [1.54, 1.807) is 6.07 Å². The molecule has 0 aromatic heterocycles. The molecule has 1 aliphatic rings. The van der Waals surface area contributed by atoms with Gasteiger partial charge in [-0.15, -0.1) is 0 Å². The summed E-state index contributed by atoms with van der Waals surface area (Å²) in [7, 11) is 0. The third kappa shape index (κ3) is 4.31. The molecule has 2 atom stereocenters. The van der Waals surface area contributed by atoms with Crippen molar-refractivity contribution in [1.29, 1.82) is 5.26 Å². The van der Waals surface area contributed by atoms with Gasteiger partial charge in [-0.05, 0) is 42.8 Å². The average molecular weight is 389 g/mol. The van der Waals surface area contributed by atoms with Crippen LogP contribution >= 0.6 is 23.2 Å². The number of piperazine rings is 1. The molecule has 2 N–H and O–H groups in total. The van der Waals surface area contributed by atoms with Crippen molar-refractivity contribution in [3.63, 3.8) is 0 Å². The summed E-state index contributed by atoms with van der Waals surface area (Å²) in [5.74, 6) is 0. The van der Waals surface area contributed by atoms with Gasteiger partial charge in [-0.25, -0.2) is 0 Å². The highest BCUT2D eigenvalue weighted by Gasteiger charge is 2.30. The van der Waals surface area contributed by atoms with E-state index in [-0.39, 0.29) is 12.1 Å². The predicted molar refractivity (Wildman–Crippen MR) is 108 cm³/mol. The lowest BCUT2D eigenvalue weighted by atomic mass is 10.0. The first-order valence-electron chi connectivity index (χ1n) is 8.67. The minimum Gasteiger partial charge on any atom is -0.361 e. The topological polar surface area (TPSA) is 56.3 Å². The molecule has 2 aromatic rings. The minimum atomic E-state index is 0.130. The van der Waals surface area contributed by atoms with Crippen LogP contribution in [0, 0.1) is 11.3 Å².